The summed E-state index contributed by atoms with van der Waals surface area (Å²) < 4.78 is 0. The van der Waals surface area contributed by atoms with Gasteiger partial charge in [0.15, 0.2) is 5.13 Å². The van der Waals surface area contributed by atoms with Crippen molar-refractivity contribution in [3.63, 3.8) is 0 Å². The average Bonchev–Trinajstić information content (AvgIpc) is 3.11. The Morgan fingerprint density at radius 3 is 2.72 bits per heavy atom. The number of benzene rings is 1. The molecule has 1 saturated carbocycles. The molecular weight excluding hydrogens is 246 g/mol. The van der Waals surface area contributed by atoms with E-state index in [0.29, 0.717) is 22.3 Å². The number of nitrogens with one attached hydrogen (secondary N) is 1. The minimum absolute atomic E-state index is 0.147. The Hall–Kier alpha value is -1.88. The molecule has 1 fully saturated rings. The molecule has 3 N–H and O–H groups in total. The molecule has 1 aromatic heterocycles. The summed E-state index contributed by atoms with van der Waals surface area (Å²) in [5, 5.41) is 3.47. The van der Waals surface area contributed by atoms with E-state index in [2.05, 4.69) is 10.3 Å². The van der Waals surface area contributed by atoms with E-state index < -0.39 is 0 Å². The lowest BCUT2D eigenvalue weighted by Crippen LogP contribution is -2.11. The van der Waals surface area contributed by atoms with Crippen LogP contribution in [0.15, 0.2) is 30.5 Å². The smallest absolute Gasteiger partial charge is 0.257 e. The van der Waals surface area contributed by atoms with Gasteiger partial charge in [-0.1, -0.05) is 0 Å². The lowest BCUT2D eigenvalue weighted by Gasteiger charge is -2.01. The van der Waals surface area contributed by atoms with Crippen molar-refractivity contribution in [3.05, 3.63) is 40.9 Å². The normalized spacial score (nSPS) is 14.4. The van der Waals surface area contributed by atoms with Crippen LogP contribution in [0.3, 0.4) is 0 Å². The van der Waals surface area contributed by atoms with Gasteiger partial charge in [-0.05, 0) is 43.0 Å². The molecule has 0 radical (unpaired) electrons. The number of nitrogens with zero attached hydrogens (tertiary/aromatic N) is 1. The minimum Gasteiger partial charge on any atom is -0.399 e. The van der Waals surface area contributed by atoms with E-state index in [4.69, 9.17) is 5.73 Å². The molecule has 1 aromatic carbocycles. The maximum Gasteiger partial charge on any atom is 0.257 e. The molecule has 0 aliphatic heterocycles. The Morgan fingerprint density at radius 1 is 1.33 bits per heavy atom. The standard InChI is InChI=1S/C13H13N3OS/c14-10-5-3-9(4-6-10)12(17)16-13-15-7-11(18-13)8-1-2-8/h3-8H,1-2,14H2,(H,15,16,17). The SMILES string of the molecule is Nc1ccc(C(=O)Nc2ncc(C3CC3)s2)cc1. The number of anilines is 2. The molecule has 1 aliphatic rings. The van der Waals surface area contributed by atoms with Gasteiger partial charge in [0.25, 0.3) is 5.91 Å². The third-order valence-corrected chi connectivity index (χ3v) is 3.97. The van der Waals surface area contributed by atoms with Gasteiger partial charge in [-0.15, -0.1) is 11.3 Å². The van der Waals surface area contributed by atoms with Gasteiger partial charge in [0.1, 0.15) is 0 Å². The highest BCUT2D eigenvalue weighted by atomic mass is 32.1. The van der Waals surface area contributed by atoms with E-state index in [-0.39, 0.29) is 5.91 Å². The van der Waals surface area contributed by atoms with Crippen molar-refractivity contribution in [3.8, 4) is 0 Å². The average molecular weight is 259 g/mol. The topological polar surface area (TPSA) is 68.0 Å². The molecule has 0 bridgehead atoms. The molecule has 18 heavy (non-hydrogen) atoms. The third kappa shape index (κ3) is 2.36. The Kier molecular flexibility index (Phi) is 2.76. The maximum atomic E-state index is 11.9. The largest absolute Gasteiger partial charge is 0.399 e. The first-order valence-electron chi connectivity index (χ1n) is 5.85. The summed E-state index contributed by atoms with van der Waals surface area (Å²) in [4.78, 5) is 17.4. The molecule has 0 atom stereocenters. The maximum absolute atomic E-state index is 11.9. The van der Waals surface area contributed by atoms with Crippen LogP contribution in [0.2, 0.25) is 0 Å². The molecule has 5 heteroatoms. The van der Waals surface area contributed by atoms with Crippen molar-refractivity contribution in [2.45, 2.75) is 18.8 Å². The molecule has 1 aliphatic carbocycles. The van der Waals surface area contributed by atoms with Crippen LogP contribution >= 0.6 is 11.3 Å². The highest BCUT2D eigenvalue weighted by molar-refractivity contribution is 7.15. The predicted molar refractivity (Wildman–Crippen MR) is 72.9 cm³/mol. The molecule has 92 valence electrons. The number of aromatic nitrogens is 1. The lowest BCUT2D eigenvalue weighted by molar-refractivity contribution is 0.102. The van der Waals surface area contributed by atoms with E-state index in [9.17, 15) is 4.79 Å². The number of carbonyl (C=O) groups excluding carboxylic acids is 1. The van der Waals surface area contributed by atoms with Gasteiger partial charge < -0.3 is 5.73 Å². The van der Waals surface area contributed by atoms with Crippen molar-refractivity contribution in [1.82, 2.24) is 4.98 Å². The summed E-state index contributed by atoms with van der Waals surface area (Å²) in [6, 6.07) is 6.85. The van der Waals surface area contributed by atoms with E-state index >= 15 is 0 Å². The summed E-state index contributed by atoms with van der Waals surface area (Å²) in [5.74, 6) is 0.524. The molecule has 0 unspecified atom stereocenters. The number of rotatable bonds is 3. The Labute approximate surface area is 109 Å². The van der Waals surface area contributed by atoms with E-state index in [0.717, 1.165) is 0 Å². The van der Waals surface area contributed by atoms with Crippen LogP contribution in [0, 0.1) is 0 Å². The molecular formula is C13H13N3OS. The van der Waals surface area contributed by atoms with Crippen molar-refractivity contribution in [2.24, 2.45) is 0 Å². The first kappa shape index (κ1) is 11.2. The highest BCUT2D eigenvalue weighted by Crippen LogP contribution is 2.43. The Balaban J connectivity index is 1.70. The van der Waals surface area contributed by atoms with E-state index in [1.165, 1.54) is 17.7 Å². The number of nitrogens with two attached hydrogens (primary N) is 1. The fourth-order valence-electron chi connectivity index (χ4n) is 1.70. The highest BCUT2D eigenvalue weighted by Gasteiger charge is 2.25. The number of carbonyl (C=O) groups is 1. The fourth-order valence-corrected chi connectivity index (χ4v) is 2.68. The van der Waals surface area contributed by atoms with Crippen molar-refractivity contribution in [2.75, 3.05) is 11.1 Å². The molecule has 0 spiro atoms. The number of hydrogen-bond donors (Lipinski definition) is 2. The van der Waals surface area contributed by atoms with Crippen LogP contribution in [0.25, 0.3) is 0 Å². The Morgan fingerprint density at radius 2 is 2.06 bits per heavy atom. The number of hydrogen-bond acceptors (Lipinski definition) is 4. The zero-order valence-corrected chi connectivity index (χ0v) is 10.5. The van der Waals surface area contributed by atoms with Gasteiger partial charge in [-0.2, -0.15) is 0 Å². The summed E-state index contributed by atoms with van der Waals surface area (Å²) in [7, 11) is 0. The Bertz CT molecular complexity index is 572. The van der Waals surface area contributed by atoms with Gasteiger partial charge in [0.2, 0.25) is 0 Å². The number of thiazole rings is 1. The predicted octanol–water partition coefficient (Wildman–Crippen LogP) is 2.86. The molecule has 1 amide bonds. The molecule has 4 nitrogen and oxygen atoms in total. The van der Waals surface area contributed by atoms with E-state index in [1.807, 2.05) is 6.20 Å². The van der Waals surface area contributed by atoms with Crippen LogP contribution < -0.4 is 11.1 Å². The third-order valence-electron chi connectivity index (χ3n) is 2.90. The van der Waals surface area contributed by atoms with Gasteiger partial charge in [-0.3, -0.25) is 10.1 Å². The molecule has 1 heterocycles. The van der Waals surface area contributed by atoms with Crippen LogP contribution in [0.5, 0.6) is 0 Å². The summed E-state index contributed by atoms with van der Waals surface area (Å²) in [6.07, 6.45) is 4.35. The van der Waals surface area contributed by atoms with E-state index in [1.54, 1.807) is 35.6 Å². The van der Waals surface area contributed by atoms with Gasteiger partial charge in [-0.25, -0.2) is 4.98 Å². The summed E-state index contributed by atoms with van der Waals surface area (Å²) in [5.41, 5.74) is 6.82. The van der Waals surface area contributed by atoms with Crippen LogP contribution in [-0.4, -0.2) is 10.9 Å². The second-order valence-electron chi connectivity index (χ2n) is 4.42. The minimum atomic E-state index is -0.147. The van der Waals surface area contributed by atoms with Gasteiger partial charge in [0.05, 0.1) is 0 Å². The monoisotopic (exact) mass is 259 g/mol. The van der Waals surface area contributed by atoms with Crippen molar-refractivity contribution >= 4 is 28.1 Å². The zero-order chi connectivity index (χ0) is 12.5. The second-order valence-corrected chi connectivity index (χ2v) is 5.48. The van der Waals surface area contributed by atoms with Crippen molar-refractivity contribution in [1.29, 1.82) is 0 Å². The molecule has 3 rings (SSSR count). The quantitative estimate of drug-likeness (QED) is 0.833. The number of amides is 1. The first-order valence-corrected chi connectivity index (χ1v) is 6.66. The van der Waals surface area contributed by atoms with Crippen LogP contribution in [0.1, 0.15) is 34.0 Å². The summed E-state index contributed by atoms with van der Waals surface area (Å²) >= 11 is 1.56. The molecule has 2 aromatic rings. The second kappa shape index (κ2) is 4.42. The summed E-state index contributed by atoms with van der Waals surface area (Å²) in [6.45, 7) is 0. The molecule has 0 saturated heterocycles. The van der Waals surface area contributed by atoms with Gasteiger partial charge in [0, 0.05) is 22.3 Å². The number of nitrogen functional groups attached to an aromatic ring is 1. The van der Waals surface area contributed by atoms with Crippen molar-refractivity contribution < 1.29 is 4.79 Å². The van der Waals surface area contributed by atoms with Crippen LogP contribution in [0.4, 0.5) is 10.8 Å². The fraction of sp³-hybridized carbons (Fsp3) is 0.231. The lowest BCUT2D eigenvalue weighted by atomic mass is 10.2. The zero-order valence-electron chi connectivity index (χ0n) is 9.72. The first-order chi connectivity index (χ1) is 8.72. The van der Waals surface area contributed by atoms with Crippen LogP contribution in [-0.2, 0) is 0 Å². The van der Waals surface area contributed by atoms with Gasteiger partial charge >= 0.3 is 0 Å².